The van der Waals surface area contributed by atoms with Crippen LogP contribution in [0.5, 0.6) is 0 Å². The highest BCUT2D eigenvalue weighted by Crippen LogP contribution is 2.34. The summed E-state index contributed by atoms with van der Waals surface area (Å²) in [6.45, 7) is 7.05. The van der Waals surface area contributed by atoms with E-state index >= 15 is 0 Å². The molecule has 1 amide bonds. The minimum Gasteiger partial charge on any atom is -0.322 e. The molecule has 6 heteroatoms. The number of pyridine rings is 1. The summed E-state index contributed by atoms with van der Waals surface area (Å²) in [5.41, 5.74) is 3.89. The summed E-state index contributed by atoms with van der Waals surface area (Å²) >= 11 is 6.59. The number of aryl methyl sites for hydroxylation is 1. The molecule has 1 fully saturated rings. The van der Waals surface area contributed by atoms with Crippen molar-refractivity contribution in [3.05, 3.63) is 52.3 Å². The Bertz CT molecular complexity index is 1000. The van der Waals surface area contributed by atoms with Crippen LogP contribution in [0.4, 0.5) is 5.69 Å². The maximum Gasteiger partial charge on any atom is 0.258 e. The molecule has 27 heavy (non-hydrogen) atoms. The van der Waals surface area contributed by atoms with E-state index in [9.17, 15) is 4.79 Å². The summed E-state index contributed by atoms with van der Waals surface area (Å²) in [4.78, 5) is 17.2. The number of anilines is 1. The van der Waals surface area contributed by atoms with Gasteiger partial charge in [0.15, 0.2) is 5.65 Å². The van der Waals surface area contributed by atoms with Gasteiger partial charge in [0, 0.05) is 18.4 Å². The van der Waals surface area contributed by atoms with Gasteiger partial charge < -0.3 is 5.32 Å². The third-order valence-corrected chi connectivity index (χ3v) is 5.47. The molecular weight excluding hydrogens is 360 g/mol. The van der Waals surface area contributed by atoms with Gasteiger partial charge in [0.2, 0.25) is 0 Å². The van der Waals surface area contributed by atoms with E-state index in [2.05, 4.69) is 29.2 Å². The Labute approximate surface area is 163 Å². The lowest BCUT2D eigenvalue weighted by molar-refractivity contribution is 0.102. The highest BCUT2D eigenvalue weighted by Gasteiger charge is 2.25. The molecule has 0 radical (unpaired) electrons. The molecule has 0 spiro atoms. The van der Waals surface area contributed by atoms with E-state index in [1.165, 1.54) is 18.4 Å². The van der Waals surface area contributed by atoms with Crippen LogP contribution in [-0.4, -0.2) is 20.7 Å². The van der Waals surface area contributed by atoms with Gasteiger partial charge in [-0.05, 0) is 49.3 Å². The summed E-state index contributed by atoms with van der Waals surface area (Å²) in [6, 6.07) is 7.86. The smallest absolute Gasteiger partial charge is 0.258 e. The summed E-state index contributed by atoms with van der Waals surface area (Å²) in [5, 5.41) is 8.66. The van der Waals surface area contributed by atoms with E-state index in [1.807, 2.05) is 35.9 Å². The molecule has 1 aromatic carbocycles. The minimum atomic E-state index is -0.263. The van der Waals surface area contributed by atoms with Crippen molar-refractivity contribution < 1.29 is 4.79 Å². The first-order valence-electron chi connectivity index (χ1n) is 9.37. The fraction of sp³-hybridized carbons (Fsp3) is 0.381. The van der Waals surface area contributed by atoms with Crippen LogP contribution < -0.4 is 5.32 Å². The highest BCUT2D eigenvalue weighted by molar-refractivity contribution is 6.39. The quantitative estimate of drug-likeness (QED) is 0.661. The zero-order chi connectivity index (χ0) is 19.1. The van der Waals surface area contributed by atoms with Gasteiger partial charge in [0.05, 0.1) is 21.7 Å². The fourth-order valence-electron chi connectivity index (χ4n) is 3.25. The number of aromatic nitrogens is 3. The molecule has 4 rings (SSSR count). The Hall–Kier alpha value is -2.40. The van der Waals surface area contributed by atoms with Crippen LogP contribution in [0.3, 0.4) is 0 Å². The molecule has 5 nitrogen and oxygen atoms in total. The number of fused-ring (bicyclic) bond motifs is 1. The number of carbonyl (C=O) groups is 1. The maximum absolute atomic E-state index is 12.7. The van der Waals surface area contributed by atoms with Gasteiger partial charge in [-0.3, -0.25) is 4.79 Å². The van der Waals surface area contributed by atoms with Crippen LogP contribution in [0.1, 0.15) is 54.2 Å². The second-order valence-electron chi connectivity index (χ2n) is 7.63. The molecule has 0 saturated heterocycles. The first-order chi connectivity index (χ1) is 12.9. The van der Waals surface area contributed by atoms with Crippen molar-refractivity contribution in [2.45, 2.75) is 46.1 Å². The Morgan fingerprint density at radius 3 is 2.63 bits per heavy atom. The molecule has 2 heterocycles. The largest absolute Gasteiger partial charge is 0.322 e. The number of rotatable bonds is 5. The van der Waals surface area contributed by atoms with E-state index in [1.54, 1.807) is 6.20 Å². The Balaban J connectivity index is 1.61. The van der Waals surface area contributed by atoms with Gasteiger partial charge in [0.25, 0.3) is 5.91 Å². The summed E-state index contributed by atoms with van der Waals surface area (Å²) in [5.74, 6) is 0.872. The molecule has 1 N–H and O–H groups in total. The van der Waals surface area contributed by atoms with Crippen LogP contribution in [-0.2, 0) is 6.54 Å². The number of hydrogen-bond donors (Lipinski definition) is 1. The standard InChI is InChI=1S/C21H23ClN4O/c1-12(2)15-6-8-16(9-7-15)24-21(27)17-10-23-20-18(19(17)22)13(3)25-26(20)11-14-4-5-14/h6-10,12,14H,4-5,11H2,1-3H3,(H,24,27). The van der Waals surface area contributed by atoms with Gasteiger partial charge in [-0.25, -0.2) is 9.67 Å². The number of nitrogens with zero attached hydrogens (tertiary/aromatic N) is 3. The molecule has 2 aromatic heterocycles. The third kappa shape index (κ3) is 3.56. The van der Waals surface area contributed by atoms with Crippen LogP contribution in [0, 0.1) is 12.8 Å². The molecule has 1 saturated carbocycles. The number of amides is 1. The Kier molecular flexibility index (Phi) is 4.64. The van der Waals surface area contributed by atoms with Crippen molar-refractivity contribution in [1.82, 2.24) is 14.8 Å². The first-order valence-corrected chi connectivity index (χ1v) is 9.74. The second-order valence-corrected chi connectivity index (χ2v) is 8.00. The minimum absolute atomic E-state index is 0.263. The normalized spacial score (nSPS) is 14.1. The van der Waals surface area contributed by atoms with Crippen LogP contribution in [0.25, 0.3) is 11.0 Å². The van der Waals surface area contributed by atoms with Gasteiger partial charge >= 0.3 is 0 Å². The van der Waals surface area contributed by atoms with Gasteiger partial charge in [-0.2, -0.15) is 5.10 Å². The predicted molar refractivity (Wildman–Crippen MR) is 108 cm³/mol. The van der Waals surface area contributed by atoms with E-state index in [0.717, 1.165) is 29.0 Å². The molecule has 1 aliphatic rings. The Morgan fingerprint density at radius 2 is 2.00 bits per heavy atom. The fourth-order valence-corrected chi connectivity index (χ4v) is 3.61. The van der Waals surface area contributed by atoms with Crippen molar-refractivity contribution in [2.75, 3.05) is 5.32 Å². The number of halogens is 1. The molecule has 0 atom stereocenters. The van der Waals surface area contributed by atoms with Crippen LogP contribution >= 0.6 is 11.6 Å². The molecule has 3 aromatic rings. The Morgan fingerprint density at radius 1 is 1.30 bits per heavy atom. The number of nitrogens with one attached hydrogen (secondary N) is 1. The number of benzene rings is 1. The molecule has 0 unspecified atom stereocenters. The average molecular weight is 383 g/mol. The number of carbonyl (C=O) groups excluding carboxylic acids is 1. The van der Waals surface area contributed by atoms with Gasteiger partial charge in [-0.15, -0.1) is 0 Å². The van der Waals surface area contributed by atoms with Crippen molar-refractivity contribution in [3.8, 4) is 0 Å². The third-order valence-electron chi connectivity index (χ3n) is 5.08. The first kappa shape index (κ1) is 18.0. The average Bonchev–Trinajstić information content (AvgIpc) is 3.39. The monoisotopic (exact) mass is 382 g/mol. The lowest BCUT2D eigenvalue weighted by atomic mass is 10.0. The summed E-state index contributed by atoms with van der Waals surface area (Å²) < 4.78 is 1.92. The van der Waals surface area contributed by atoms with E-state index < -0.39 is 0 Å². The SMILES string of the molecule is Cc1nn(CC2CC2)c2ncc(C(=O)Nc3ccc(C(C)C)cc3)c(Cl)c12. The lowest BCUT2D eigenvalue weighted by Crippen LogP contribution is -2.13. The maximum atomic E-state index is 12.7. The zero-order valence-corrected chi connectivity index (χ0v) is 16.5. The summed E-state index contributed by atoms with van der Waals surface area (Å²) in [7, 11) is 0. The zero-order valence-electron chi connectivity index (χ0n) is 15.8. The molecule has 0 bridgehead atoms. The van der Waals surface area contributed by atoms with Crippen LogP contribution in [0.2, 0.25) is 5.02 Å². The second kappa shape index (κ2) is 6.97. The van der Waals surface area contributed by atoms with E-state index in [-0.39, 0.29) is 5.91 Å². The molecule has 140 valence electrons. The van der Waals surface area contributed by atoms with Crippen LogP contribution in [0.15, 0.2) is 30.5 Å². The van der Waals surface area contributed by atoms with Crippen molar-refractivity contribution in [3.63, 3.8) is 0 Å². The molecule has 1 aliphatic carbocycles. The lowest BCUT2D eigenvalue weighted by Gasteiger charge is -2.10. The number of hydrogen-bond acceptors (Lipinski definition) is 3. The van der Waals surface area contributed by atoms with Crippen molar-refractivity contribution >= 4 is 34.2 Å². The summed E-state index contributed by atoms with van der Waals surface area (Å²) in [6.07, 6.45) is 4.03. The topological polar surface area (TPSA) is 59.8 Å². The van der Waals surface area contributed by atoms with Crippen molar-refractivity contribution in [1.29, 1.82) is 0 Å². The van der Waals surface area contributed by atoms with Gasteiger partial charge in [0.1, 0.15) is 0 Å². The van der Waals surface area contributed by atoms with Gasteiger partial charge in [-0.1, -0.05) is 37.6 Å². The van der Waals surface area contributed by atoms with E-state index in [0.29, 0.717) is 22.4 Å². The highest BCUT2D eigenvalue weighted by atomic mass is 35.5. The van der Waals surface area contributed by atoms with Crippen molar-refractivity contribution in [2.24, 2.45) is 5.92 Å². The predicted octanol–water partition coefficient (Wildman–Crippen LogP) is 5.18. The molecule has 0 aliphatic heterocycles. The molecular formula is C21H23ClN4O. The van der Waals surface area contributed by atoms with E-state index in [4.69, 9.17) is 11.6 Å².